The van der Waals surface area contributed by atoms with Gasteiger partial charge in [0.1, 0.15) is 27.7 Å². The van der Waals surface area contributed by atoms with Crippen molar-refractivity contribution in [2.45, 2.75) is 30.2 Å². The van der Waals surface area contributed by atoms with Crippen LogP contribution in [0.5, 0.6) is 0 Å². The van der Waals surface area contributed by atoms with Gasteiger partial charge in [-0.2, -0.15) is 13.1 Å². The van der Waals surface area contributed by atoms with Gasteiger partial charge in [0.25, 0.3) is 0 Å². The van der Waals surface area contributed by atoms with E-state index in [-0.39, 0.29) is 18.0 Å². The van der Waals surface area contributed by atoms with E-state index < -0.39 is 22.0 Å². The molecule has 0 radical (unpaired) electrons. The Labute approximate surface area is 160 Å². The molecule has 0 N–H and O–H groups in total. The summed E-state index contributed by atoms with van der Waals surface area (Å²) >= 11 is 0.959. The number of sulfonamides is 1. The summed E-state index contributed by atoms with van der Waals surface area (Å²) in [7, 11) is -3.88. The standard InChI is InChI=1S/C17H17N3O5S2/c21-17(25-11-8-12-4-3-10-24-12)14-6-2-9-20(14)27(22,23)15-7-1-5-13-16(15)19-26-18-13/h1,3-5,7,10,14H,2,6,8-9,11H2/t14-/m1/s1. The molecule has 142 valence electrons. The Morgan fingerprint density at radius 3 is 3.00 bits per heavy atom. The van der Waals surface area contributed by atoms with Crippen LogP contribution in [0.25, 0.3) is 11.0 Å². The molecule has 1 aliphatic heterocycles. The molecule has 1 fully saturated rings. The highest BCUT2D eigenvalue weighted by Crippen LogP contribution is 2.30. The lowest BCUT2D eigenvalue weighted by atomic mass is 10.2. The van der Waals surface area contributed by atoms with Crippen LogP contribution in [0.4, 0.5) is 0 Å². The Balaban J connectivity index is 1.51. The predicted octanol–water partition coefficient (Wildman–Crippen LogP) is 2.22. The number of esters is 1. The van der Waals surface area contributed by atoms with Crippen LogP contribution in [0, 0.1) is 0 Å². The lowest BCUT2D eigenvalue weighted by Gasteiger charge is -2.22. The van der Waals surface area contributed by atoms with E-state index in [9.17, 15) is 13.2 Å². The van der Waals surface area contributed by atoms with Crippen LogP contribution >= 0.6 is 11.7 Å². The van der Waals surface area contributed by atoms with Crippen molar-refractivity contribution < 1.29 is 22.4 Å². The van der Waals surface area contributed by atoms with E-state index in [1.807, 2.05) is 0 Å². The van der Waals surface area contributed by atoms with Gasteiger partial charge in [-0.25, -0.2) is 8.42 Å². The minimum absolute atomic E-state index is 0.0732. The molecule has 1 saturated heterocycles. The van der Waals surface area contributed by atoms with Gasteiger partial charge in [-0.15, -0.1) is 0 Å². The van der Waals surface area contributed by atoms with Crippen molar-refractivity contribution in [1.82, 2.24) is 13.1 Å². The van der Waals surface area contributed by atoms with Gasteiger partial charge in [0.15, 0.2) is 0 Å². The Hall–Kier alpha value is -2.30. The number of carbonyl (C=O) groups is 1. The van der Waals surface area contributed by atoms with Crippen molar-refractivity contribution in [2.75, 3.05) is 13.2 Å². The number of ether oxygens (including phenoxy) is 1. The SMILES string of the molecule is O=C(OCCc1ccco1)[C@H]1CCCN1S(=O)(=O)c1cccc2nsnc12. The zero-order chi connectivity index (χ0) is 18.9. The number of furan rings is 1. The molecule has 1 aliphatic rings. The summed E-state index contributed by atoms with van der Waals surface area (Å²) in [5, 5.41) is 0. The molecule has 2 aromatic heterocycles. The molecule has 3 aromatic rings. The van der Waals surface area contributed by atoms with Crippen molar-refractivity contribution in [3.05, 3.63) is 42.4 Å². The molecule has 27 heavy (non-hydrogen) atoms. The van der Waals surface area contributed by atoms with Crippen LogP contribution in [0.3, 0.4) is 0 Å². The quantitative estimate of drug-likeness (QED) is 0.577. The second kappa shape index (κ2) is 7.37. The Morgan fingerprint density at radius 2 is 2.19 bits per heavy atom. The van der Waals surface area contributed by atoms with Crippen LogP contribution in [0.15, 0.2) is 45.9 Å². The fourth-order valence-electron chi connectivity index (χ4n) is 3.18. The molecule has 1 atom stereocenters. The first-order valence-corrected chi connectivity index (χ1v) is 10.7. The van der Waals surface area contributed by atoms with E-state index in [0.29, 0.717) is 36.1 Å². The Morgan fingerprint density at radius 1 is 1.30 bits per heavy atom. The molecular weight excluding hydrogens is 390 g/mol. The molecule has 0 aliphatic carbocycles. The third-order valence-electron chi connectivity index (χ3n) is 4.48. The topological polar surface area (TPSA) is 103 Å². The Kier molecular flexibility index (Phi) is 4.94. The first kappa shape index (κ1) is 18.1. The second-order valence-electron chi connectivity index (χ2n) is 6.16. The first-order valence-electron chi connectivity index (χ1n) is 8.49. The number of carbonyl (C=O) groups excluding carboxylic acids is 1. The van der Waals surface area contributed by atoms with Crippen LogP contribution in [0.1, 0.15) is 18.6 Å². The molecule has 0 bridgehead atoms. The van der Waals surface area contributed by atoms with Gasteiger partial charge in [0, 0.05) is 13.0 Å². The number of hydrogen-bond donors (Lipinski definition) is 0. The fourth-order valence-corrected chi connectivity index (χ4v) is 5.58. The van der Waals surface area contributed by atoms with Gasteiger partial charge < -0.3 is 9.15 Å². The van der Waals surface area contributed by atoms with Gasteiger partial charge in [-0.1, -0.05) is 6.07 Å². The van der Waals surface area contributed by atoms with Crippen LogP contribution in [-0.2, 0) is 26.0 Å². The van der Waals surface area contributed by atoms with Crippen molar-refractivity contribution in [3.63, 3.8) is 0 Å². The van der Waals surface area contributed by atoms with Crippen LogP contribution < -0.4 is 0 Å². The minimum Gasteiger partial charge on any atom is -0.469 e. The van der Waals surface area contributed by atoms with Crippen molar-refractivity contribution >= 4 is 38.8 Å². The molecule has 4 rings (SSSR count). The molecule has 0 amide bonds. The van der Waals surface area contributed by atoms with E-state index in [2.05, 4.69) is 8.75 Å². The minimum atomic E-state index is -3.88. The highest BCUT2D eigenvalue weighted by atomic mass is 32.2. The van der Waals surface area contributed by atoms with Crippen molar-refractivity contribution in [1.29, 1.82) is 0 Å². The van der Waals surface area contributed by atoms with E-state index in [1.54, 1.807) is 30.5 Å². The zero-order valence-electron chi connectivity index (χ0n) is 14.3. The number of aromatic nitrogens is 2. The van der Waals surface area contributed by atoms with E-state index in [0.717, 1.165) is 11.7 Å². The molecular formula is C17H17N3O5S2. The molecule has 0 spiro atoms. The summed E-state index contributed by atoms with van der Waals surface area (Å²) in [6.45, 7) is 0.413. The number of hydrogen-bond acceptors (Lipinski definition) is 8. The smallest absolute Gasteiger partial charge is 0.324 e. The fraction of sp³-hybridized carbons (Fsp3) is 0.353. The summed E-state index contributed by atoms with van der Waals surface area (Å²) in [6, 6.07) is 7.56. The molecule has 0 saturated carbocycles. The van der Waals surface area contributed by atoms with Gasteiger partial charge in [0.2, 0.25) is 10.0 Å². The number of fused-ring (bicyclic) bond motifs is 1. The third kappa shape index (κ3) is 3.47. The molecule has 8 nitrogen and oxygen atoms in total. The van der Waals surface area contributed by atoms with E-state index in [4.69, 9.17) is 9.15 Å². The first-order chi connectivity index (χ1) is 13.1. The summed E-state index contributed by atoms with van der Waals surface area (Å²) in [5.74, 6) is 0.174. The summed E-state index contributed by atoms with van der Waals surface area (Å²) in [4.78, 5) is 12.6. The van der Waals surface area contributed by atoms with Crippen molar-refractivity contribution in [3.8, 4) is 0 Å². The zero-order valence-corrected chi connectivity index (χ0v) is 15.9. The largest absolute Gasteiger partial charge is 0.469 e. The maximum absolute atomic E-state index is 13.2. The lowest BCUT2D eigenvalue weighted by molar-refractivity contribution is -0.147. The number of nitrogens with zero attached hydrogens (tertiary/aromatic N) is 3. The van der Waals surface area contributed by atoms with E-state index in [1.165, 1.54) is 10.4 Å². The number of benzene rings is 1. The van der Waals surface area contributed by atoms with Crippen LogP contribution in [0.2, 0.25) is 0 Å². The van der Waals surface area contributed by atoms with Crippen molar-refractivity contribution in [2.24, 2.45) is 0 Å². The maximum Gasteiger partial charge on any atom is 0.324 e. The summed E-state index contributed by atoms with van der Waals surface area (Å²) in [5.41, 5.74) is 0.859. The number of rotatable bonds is 6. The van der Waals surface area contributed by atoms with E-state index >= 15 is 0 Å². The predicted molar refractivity (Wildman–Crippen MR) is 97.7 cm³/mol. The summed E-state index contributed by atoms with van der Waals surface area (Å²) in [6.07, 6.45) is 3.03. The lowest BCUT2D eigenvalue weighted by Crippen LogP contribution is -2.41. The van der Waals surface area contributed by atoms with Crippen LogP contribution in [-0.4, -0.2) is 46.6 Å². The maximum atomic E-state index is 13.2. The molecule has 3 heterocycles. The Bertz CT molecular complexity index is 1050. The summed E-state index contributed by atoms with van der Waals surface area (Å²) < 4.78 is 46.2. The average molecular weight is 407 g/mol. The van der Waals surface area contributed by atoms with Gasteiger partial charge >= 0.3 is 5.97 Å². The highest BCUT2D eigenvalue weighted by Gasteiger charge is 2.41. The molecule has 0 unspecified atom stereocenters. The van der Waals surface area contributed by atoms with Gasteiger partial charge in [0.05, 0.1) is 24.6 Å². The average Bonchev–Trinajstić information content (AvgIpc) is 3.40. The molecule has 10 heteroatoms. The second-order valence-corrected chi connectivity index (χ2v) is 8.55. The van der Waals surface area contributed by atoms with Gasteiger partial charge in [-0.05, 0) is 37.1 Å². The third-order valence-corrected chi connectivity index (χ3v) is 6.97. The molecule has 1 aromatic carbocycles. The van der Waals surface area contributed by atoms with Gasteiger partial charge in [-0.3, -0.25) is 4.79 Å². The monoisotopic (exact) mass is 407 g/mol. The highest BCUT2D eigenvalue weighted by molar-refractivity contribution is 7.89. The normalized spacial score (nSPS) is 18.1.